The maximum absolute atomic E-state index is 5.84. The van der Waals surface area contributed by atoms with Crippen LogP contribution in [0, 0.1) is 5.92 Å². The number of nitrogens with zero attached hydrogens (tertiary/aromatic N) is 2. The molecule has 1 saturated carbocycles. The average Bonchev–Trinajstić information content (AvgIpc) is 2.25. The SMILES string of the molecule is CC(C)OC1CC(CN2CCN(C(C)(C)C)CC2)C1. The first kappa shape index (κ1) is 15.3. The molecule has 0 spiro atoms. The van der Waals surface area contributed by atoms with Gasteiger partial charge < -0.3 is 9.64 Å². The van der Waals surface area contributed by atoms with Crippen LogP contribution in [-0.4, -0.2) is 60.3 Å². The highest BCUT2D eigenvalue weighted by Gasteiger charge is 2.33. The Balaban J connectivity index is 1.62. The molecule has 1 aliphatic carbocycles. The number of rotatable bonds is 4. The third-order valence-electron chi connectivity index (χ3n) is 4.49. The van der Waals surface area contributed by atoms with Crippen molar-refractivity contribution >= 4 is 0 Å². The van der Waals surface area contributed by atoms with Gasteiger partial charge in [0.25, 0.3) is 0 Å². The normalized spacial score (nSPS) is 30.6. The summed E-state index contributed by atoms with van der Waals surface area (Å²) in [7, 11) is 0. The highest BCUT2D eigenvalue weighted by atomic mass is 16.5. The molecule has 19 heavy (non-hydrogen) atoms. The van der Waals surface area contributed by atoms with Gasteiger partial charge in [-0.05, 0) is 53.4 Å². The zero-order chi connectivity index (χ0) is 14.0. The zero-order valence-electron chi connectivity index (χ0n) is 13.5. The molecule has 2 aliphatic rings. The van der Waals surface area contributed by atoms with Crippen LogP contribution in [0.4, 0.5) is 0 Å². The second kappa shape index (κ2) is 6.11. The molecule has 0 atom stereocenters. The van der Waals surface area contributed by atoms with Crippen LogP contribution in [-0.2, 0) is 4.74 Å². The fourth-order valence-corrected chi connectivity index (χ4v) is 3.29. The van der Waals surface area contributed by atoms with Crippen LogP contribution in [0.2, 0.25) is 0 Å². The van der Waals surface area contributed by atoms with E-state index in [0.717, 1.165) is 5.92 Å². The second-order valence-corrected chi connectivity index (χ2v) is 7.60. The lowest BCUT2D eigenvalue weighted by molar-refractivity contribution is -0.0709. The molecule has 1 aliphatic heterocycles. The Kier molecular flexibility index (Phi) is 4.91. The van der Waals surface area contributed by atoms with E-state index in [-0.39, 0.29) is 0 Å². The molecule has 0 amide bonds. The molecular weight excluding hydrogens is 236 g/mol. The van der Waals surface area contributed by atoms with Crippen molar-refractivity contribution in [2.24, 2.45) is 5.92 Å². The van der Waals surface area contributed by atoms with E-state index in [2.05, 4.69) is 44.4 Å². The summed E-state index contributed by atoms with van der Waals surface area (Å²) in [5.41, 5.74) is 0.332. The zero-order valence-corrected chi connectivity index (χ0v) is 13.5. The Labute approximate surface area is 119 Å². The van der Waals surface area contributed by atoms with E-state index >= 15 is 0 Å². The number of piperazine rings is 1. The van der Waals surface area contributed by atoms with Crippen molar-refractivity contribution in [2.75, 3.05) is 32.7 Å². The quantitative estimate of drug-likeness (QED) is 0.779. The topological polar surface area (TPSA) is 15.7 Å². The first-order valence-corrected chi connectivity index (χ1v) is 7.97. The van der Waals surface area contributed by atoms with E-state index in [9.17, 15) is 0 Å². The summed E-state index contributed by atoms with van der Waals surface area (Å²) in [5.74, 6) is 0.880. The Bertz CT molecular complexity index is 271. The van der Waals surface area contributed by atoms with Crippen LogP contribution in [0.1, 0.15) is 47.5 Å². The molecule has 2 fully saturated rings. The highest BCUT2D eigenvalue weighted by molar-refractivity contribution is 4.86. The van der Waals surface area contributed by atoms with Gasteiger partial charge in [0.15, 0.2) is 0 Å². The van der Waals surface area contributed by atoms with Gasteiger partial charge in [-0.15, -0.1) is 0 Å². The van der Waals surface area contributed by atoms with Crippen molar-refractivity contribution in [3.63, 3.8) is 0 Å². The minimum atomic E-state index is 0.332. The Morgan fingerprint density at radius 2 is 1.63 bits per heavy atom. The van der Waals surface area contributed by atoms with Crippen molar-refractivity contribution in [1.29, 1.82) is 0 Å². The van der Waals surface area contributed by atoms with Gasteiger partial charge in [-0.25, -0.2) is 0 Å². The molecule has 3 nitrogen and oxygen atoms in total. The van der Waals surface area contributed by atoms with Crippen LogP contribution >= 0.6 is 0 Å². The van der Waals surface area contributed by atoms with Gasteiger partial charge in [0.05, 0.1) is 12.2 Å². The molecule has 0 bridgehead atoms. The molecule has 1 heterocycles. The van der Waals surface area contributed by atoms with Gasteiger partial charge in [0, 0.05) is 38.3 Å². The monoisotopic (exact) mass is 268 g/mol. The molecule has 0 aromatic carbocycles. The minimum absolute atomic E-state index is 0.332. The predicted octanol–water partition coefficient (Wildman–Crippen LogP) is 2.61. The Morgan fingerprint density at radius 1 is 1.05 bits per heavy atom. The van der Waals surface area contributed by atoms with E-state index in [0.29, 0.717) is 17.7 Å². The van der Waals surface area contributed by atoms with Crippen molar-refractivity contribution in [3.05, 3.63) is 0 Å². The van der Waals surface area contributed by atoms with Crippen LogP contribution in [0.3, 0.4) is 0 Å². The standard InChI is InChI=1S/C16H32N2O/c1-13(2)19-15-10-14(11-15)12-17-6-8-18(9-7-17)16(3,4)5/h13-15H,6-12H2,1-5H3. The van der Waals surface area contributed by atoms with Gasteiger partial charge >= 0.3 is 0 Å². The molecular formula is C16H32N2O. The summed E-state index contributed by atoms with van der Waals surface area (Å²) in [5, 5.41) is 0. The van der Waals surface area contributed by atoms with Crippen LogP contribution in [0.25, 0.3) is 0 Å². The number of ether oxygens (including phenoxy) is 1. The molecule has 0 aromatic heterocycles. The van der Waals surface area contributed by atoms with E-state index in [4.69, 9.17) is 4.74 Å². The second-order valence-electron chi connectivity index (χ2n) is 7.60. The average molecular weight is 268 g/mol. The maximum atomic E-state index is 5.84. The third kappa shape index (κ3) is 4.44. The van der Waals surface area contributed by atoms with Gasteiger partial charge in [-0.1, -0.05) is 0 Å². The largest absolute Gasteiger partial charge is 0.376 e. The van der Waals surface area contributed by atoms with Crippen molar-refractivity contribution in [2.45, 2.75) is 65.2 Å². The van der Waals surface area contributed by atoms with Crippen LogP contribution in [0.15, 0.2) is 0 Å². The van der Waals surface area contributed by atoms with Gasteiger partial charge in [-0.3, -0.25) is 4.90 Å². The molecule has 2 rings (SSSR count). The molecule has 1 saturated heterocycles. The van der Waals surface area contributed by atoms with Crippen molar-refractivity contribution in [1.82, 2.24) is 9.80 Å². The molecule has 112 valence electrons. The molecule has 3 heteroatoms. The molecule has 0 unspecified atom stereocenters. The third-order valence-corrected chi connectivity index (χ3v) is 4.49. The molecule has 0 N–H and O–H groups in total. The van der Waals surface area contributed by atoms with Crippen molar-refractivity contribution in [3.8, 4) is 0 Å². The smallest absolute Gasteiger partial charge is 0.0584 e. The van der Waals surface area contributed by atoms with E-state index in [1.54, 1.807) is 0 Å². The van der Waals surface area contributed by atoms with E-state index < -0.39 is 0 Å². The number of hydrogen-bond acceptors (Lipinski definition) is 3. The predicted molar refractivity (Wildman–Crippen MR) is 80.5 cm³/mol. The summed E-state index contributed by atoms with van der Waals surface area (Å²) < 4.78 is 5.84. The summed E-state index contributed by atoms with van der Waals surface area (Å²) in [4.78, 5) is 5.26. The Morgan fingerprint density at radius 3 is 2.11 bits per heavy atom. The fraction of sp³-hybridized carbons (Fsp3) is 1.00. The highest BCUT2D eigenvalue weighted by Crippen LogP contribution is 2.32. The lowest BCUT2D eigenvalue weighted by Gasteiger charge is -2.45. The lowest BCUT2D eigenvalue weighted by atomic mass is 9.81. The minimum Gasteiger partial charge on any atom is -0.376 e. The Hall–Kier alpha value is -0.120. The van der Waals surface area contributed by atoms with Gasteiger partial charge in [0.2, 0.25) is 0 Å². The summed E-state index contributed by atoms with van der Waals surface area (Å²) in [6.07, 6.45) is 3.48. The first-order chi connectivity index (χ1) is 8.84. The van der Waals surface area contributed by atoms with Crippen molar-refractivity contribution < 1.29 is 4.74 Å². The molecule has 0 aromatic rings. The number of hydrogen-bond donors (Lipinski definition) is 0. The van der Waals surface area contributed by atoms with Gasteiger partial charge in [0.1, 0.15) is 0 Å². The molecule has 0 radical (unpaired) electrons. The van der Waals surface area contributed by atoms with E-state index in [1.807, 2.05) is 0 Å². The van der Waals surface area contributed by atoms with Crippen LogP contribution < -0.4 is 0 Å². The summed E-state index contributed by atoms with van der Waals surface area (Å²) in [6.45, 7) is 17.5. The first-order valence-electron chi connectivity index (χ1n) is 7.97. The summed E-state index contributed by atoms with van der Waals surface area (Å²) >= 11 is 0. The fourth-order valence-electron chi connectivity index (χ4n) is 3.29. The summed E-state index contributed by atoms with van der Waals surface area (Å²) in [6, 6.07) is 0. The van der Waals surface area contributed by atoms with Gasteiger partial charge in [-0.2, -0.15) is 0 Å². The maximum Gasteiger partial charge on any atom is 0.0584 e. The van der Waals surface area contributed by atoms with E-state index in [1.165, 1.54) is 45.6 Å². The van der Waals surface area contributed by atoms with Crippen LogP contribution in [0.5, 0.6) is 0 Å². The lowest BCUT2D eigenvalue weighted by Crippen LogP contribution is -2.54.